The average Bonchev–Trinajstić information content (AvgIpc) is 3.18. The molecule has 2 N–H and O–H groups in total. The van der Waals surface area contributed by atoms with Crippen LogP contribution in [0.3, 0.4) is 0 Å². The van der Waals surface area contributed by atoms with Crippen LogP contribution in [0.2, 0.25) is 0 Å². The maximum Gasteiger partial charge on any atom is 0.339 e. The summed E-state index contributed by atoms with van der Waals surface area (Å²) in [5, 5.41) is 20.8. The van der Waals surface area contributed by atoms with Gasteiger partial charge in [0.25, 0.3) is 0 Å². The molecule has 1 aromatic heterocycles. The van der Waals surface area contributed by atoms with Gasteiger partial charge in [-0.3, -0.25) is 0 Å². The molecule has 5 rings (SSSR count). The van der Waals surface area contributed by atoms with Crippen molar-refractivity contribution in [1.29, 1.82) is 0 Å². The molecule has 0 atom stereocenters. The summed E-state index contributed by atoms with van der Waals surface area (Å²) in [6, 6.07) is 10.1. The summed E-state index contributed by atoms with van der Waals surface area (Å²) < 4.78 is 55.5. The van der Waals surface area contributed by atoms with Crippen LogP contribution in [0.1, 0.15) is 35.3 Å². The van der Waals surface area contributed by atoms with E-state index in [1.165, 1.54) is 25.3 Å². The van der Waals surface area contributed by atoms with E-state index in [-0.39, 0.29) is 40.3 Å². The highest BCUT2D eigenvalue weighted by atomic mass is 19.2. The van der Waals surface area contributed by atoms with Crippen LogP contribution in [-0.4, -0.2) is 41.6 Å². The fourth-order valence-electron chi connectivity index (χ4n) is 5.39. The Kier molecular flexibility index (Phi) is 6.11. The molecule has 0 saturated heterocycles. The topological polar surface area (TPSA) is 80.9 Å². The number of hydrogen-bond donors (Lipinski definition) is 2. The number of aromatic nitrogens is 1. The lowest BCUT2D eigenvalue weighted by atomic mass is 9.65. The highest BCUT2D eigenvalue weighted by molar-refractivity contribution is 6.04. The van der Waals surface area contributed by atoms with Gasteiger partial charge in [0.15, 0.2) is 11.6 Å². The zero-order valence-corrected chi connectivity index (χ0v) is 20.1. The lowest BCUT2D eigenvalue weighted by Crippen LogP contribution is -2.41. The van der Waals surface area contributed by atoms with Crippen molar-refractivity contribution >= 4 is 16.9 Å². The van der Waals surface area contributed by atoms with Crippen LogP contribution in [0, 0.1) is 17.5 Å². The van der Waals surface area contributed by atoms with Crippen LogP contribution < -0.4 is 4.74 Å². The van der Waals surface area contributed by atoms with E-state index in [2.05, 4.69) is 0 Å². The molecule has 1 aliphatic carbocycles. The van der Waals surface area contributed by atoms with Crippen molar-refractivity contribution in [2.24, 2.45) is 0 Å². The Bertz CT molecular complexity index is 1540. The molecule has 4 aromatic rings. The molecule has 1 fully saturated rings. The van der Waals surface area contributed by atoms with E-state index in [0.717, 1.165) is 24.6 Å². The first kappa shape index (κ1) is 24.7. The first-order chi connectivity index (χ1) is 17.7. The number of fused-ring (bicyclic) bond motifs is 1. The summed E-state index contributed by atoms with van der Waals surface area (Å²) in [6.07, 6.45) is 2.27. The number of carboxylic acid groups (broad SMARTS) is 1. The Morgan fingerprint density at radius 1 is 1.03 bits per heavy atom. The molecule has 1 heterocycles. The van der Waals surface area contributed by atoms with Gasteiger partial charge in [0.2, 0.25) is 0 Å². The Hall–Kier alpha value is -3.98. The molecule has 0 spiro atoms. The molecular weight excluding hydrogens is 487 g/mol. The molecule has 37 heavy (non-hydrogen) atoms. The molecule has 0 aliphatic heterocycles. The van der Waals surface area contributed by atoms with Crippen LogP contribution in [0.5, 0.6) is 11.5 Å². The second-order valence-electron chi connectivity index (χ2n) is 9.26. The maximum atomic E-state index is 14.7. The third-order valence-electron chi connectivity index (χ3n) is 7.13. The summed E-state index contributed by atoms with van der Waals surface area (Å²) in [5.41, 5.74) is 1.48. The third kappa shape index (κ3) is 3.90. The van der Waals surface area contributed by atoms with Gasteiger partial charge >= 0.3 is 5.97 Å². The average molecular weight is 511 g/mol. The van der Waals surface area contributed by atoms with E-state index >= 15 is 0 Å². The fourth-order valence-corrected chi connectivity index (χ4v) is 5.39. The lowest BCUT2D eigenvalue weighted by molar-refractivity contribution is 0.0693. The minimum atomic E-state index is -1.17. The Balaban J connectivity index is 1.96. The van der Waals surface area contributed by atoms with Crippen molar-refractivity contribution in [3.63, 3.8) is 0 Å². The lowest BCUT2D eigenvalue weighted by Gasteiger charge is -2.43. The summed E-state index contributed by atoms with van der Waals surface area (Å²) in [6.45, 7) is 0.285. The zero-order valence-electron chi connectivity index (χ0n) is 20.1. The number of carboxylic acids is 1. The molecule has 0 unspecified atom stereocenters. The quantitative estimate of drug-likeness (QED) is 0.309. The van der Waals surface area contributed by atoms with E-state index in [1.54, 1.807) is 23.8 Å². The Labute approximate surface area is 210 Å². The Morgan fingerprint density at radius 2 is 1.78 bits per heavy atom. The first-order valence-corrected chi connectivity index (χ1v) is 11.6. The van der Waals surface area contributed by atoms with Crippen LogP contribution in [-0.2, 0) is 10.2 Å². The summed E-state index contributed by atoms with van der Waals surface area (Å²) in [7, 11) is 2.91. The second kappa shape index (κ2) is 9.15. The van der Waals surface area contributed by atoms with Crippen molar-refractivity contribution in [2.45, 2.75) is 24.7 Å². The van der Waals surface area contributed by atoms with Crippen LogP contribution in [0.4, 0.5) is 13.2 Å². The predicted octanol–water partition coefficient (Wildman–Crippen LogP) is 6.20. The monoisotopic (exact) mass is 511 g/mol. The number of phenols is 1. The number of aromatic carboxylic acids is 1. The van der Waals surface area contributed by atoms with Crippen molar-refractivity contribution in [3.05, 3.63) is 77.2 Å². The molecule has 6 nitrogen and oxygen atoms in total. The van der Waals surface area contributed by atoms with Crippen LogP contribution in [0.15, 0.2) is 48.5 Å². The highest BCUT2D eigenvalue weighted by Gasteiger charge is 2.45. The number of ether oxygens (including phenoxy) is 2. The van der Waals surface area contributed by atoms with Crippen LogP contribution in [0.25, 0.3) is 27.7 Å². The number of hydrogen-bond acceptors (Lipinski definition) is 4. The van der Waals surface area contributed by atoms with E-state index in [4.69, 9.17) is 9.47 Å². The number of aromatic hydroxyl groups is 1. The van der Waals surface area contributed by atoms with Crippen molar-refractivity contribution in [1.82, 2.24) is 4.57 Å². The normalized spacial score (nSPS) is 14.5. The van der Waals surface area contributed by atoms with Gasteiger partial charge in [-0.1, -0.05) is 12.5 Å². The molecule has 3 aromatic carbocycles. The van der Waals surface area contributed by atoms with E-state index in [1.807, 2.05) is 0 Å². The van der Waals surface area contributed by atoms with Crippen LogP contribution >= 0.6 is 0 Å². The van der Waals surface area contributed by atoms with Crippen molar-refractivity contribution in [3.8, 4) is 28.3 Å². The van der Waals surface area contributed by atoms with Gasteiger partial charge in [0.05, 0.1) is 24.6 Å². The summed E-state index contributed by atoms with van der Waals surface area (Å²) >= 11 is 0. The Morgan fingerprint density at radius 3 is 2.38 bits per heavy atom. The molecule has 0 radical (unpaired) electrons. The number of methoxy groups -OCH3 is 2. The molecule has 1 aliphatic rings. The number of phenolic OH excluding ortho intramolecular Hbond substituents is 1. The van der Waals surface area contributed by atoms with Gasteiger partial charge in [-0.05, 0) is 48.7 Å². The summed E-state index contributed by atoms with van der Waals surface area (Å²) in [4.78, 5) is 11.7. The minimum absolute atomic E-state index is 0.0531. The third-order valence-corrected chi connectivity index (χ3v) is 7.13. The smallest absolute Gasteiger partial charge is 0.339 e. The number of benzene rings is 3. The fraction of sp³-hybridized carbons (Fsp3) is 0.250. The molecule has 1 saturated carbocycles. The van der Waals surface area contributed by atoms with E-state index < -0.39 is 28.8 Å². The maximum absolute atomic E-state index is 14.7. The van der Waals surface area contributed by atoms with Gasteiger partial charge in [-0.25, -0.2) is 18.0 Å². The molecule has 192 valence electrons. The standard InChI is InChI=1S/C28H24F3NO5/c1-36-14-28(8-3-9-28)26-24(15-4-6-18(27(34)35)23(10-15)37-2)25-21(11-16(29)12-22(25)33)32(26)17-5-7-19(30)20(31)13-17/h4-7,10-13,33H,3,8-9,14H2,1-2H3,(H,34,35). The molecule has 0 amide bonds. The van der Waals surface area contributed by atoms with Gasteiger partial charge < -0.3 is 24.3 Å². The molecular formula is C28H24F3NO5. The zero-order chi connectivity index (χ0) is 26.5. The van der Waals surface area contributed by atoms with Gasteiger partial charge in [0, 0.05) is 41.6 Å². The van der Waals surface area contributed by atoms with Gasteiger partial charge in [-0.15, -0.1) is 0 Å². The van der Waals surface area contributed by atoms with Gasteiger partial charge in [0.1, 0.15) is 22.9 Å². The predicted molar refractivity (Wildman–Crippen MR) is 131 cm³/mol. The summed E-state index contributed by atoms with van der Waals surface area (Å²) in [5.74, 6) is -4.23. The number of halogens is 3. The number of rotatable bonds is 7. The molecule has 9 heteroatoms. The van der Waals surface area contributed by atoms with E-state index in [9.17, 15) is 28.2 Å². The minimum Gasteiger partial charge on any atom is -0.507 e. The van der Waals surface area contributed by atoms with Crippen molar-refractivity contribution < 1.29 is 37.7 Å². The number of nitrogens with zero attached hydrogens (tertiary/aromatic N) is 1. The van der Waals surface area contributed by atoms with Crippen molar-refractivity contribution in [2.75, 3.05) is 20.8 Å². The van der Waals surface area contributed by atoms with E-state index in [0.29, 0.717) is 29.7 Å². The molecule has 0 bridgehead atoms. The SMILES string of the molecule is COCC1(c2c(-c3ccc(C(=O)O)c(OC)c3)c3c(O)cc(F)cc3n2-c2ccc(F)c(F)c2)CCC1. The number of carbonyl (C=O) groups is 1. The largest absolute Gasteiger partial charge is 0.507 e. The van der Waals surface area contributed by atoms with Gasteiger partial charge in [-0.2, -0.15) is 0 Å². The highest BCUT2D eigenvalue weighted by Crippen LogP contribution is 2.53. The first-order valence-electron chi connectivity index (χ1n) is 11.6. The second-order valence-corrected chi connectivity index (χ2v) is 9.26.